The predicted octanol–water partition coefficient (Wildman–Crippen LogP) is -3.83. The molecule has 9 aromatic rings. The van der Waals surface area contributed by atoms with Crippen molar-refractivity contribution in [2.45, 2.75) is 205 Å². The maximum Gasteiger partial charge on any atom is 0.311 e. The number of aliphatic imine (C=N–C) groups is 1. The van der Waals surface area contributed by atoms with Crippen molar-refractivity contribution >= 4 is 211 Å². The number of thiazole rings is 5. The van der Waals surface area contributed by atoms with Crippen LogP contribution in [0.4, 0.5) is 29.6 Å². The number of nitrogens with one attached hydrogen (secondary N) is 2. The van der Waals surface area contributed by atoms with E-state index in [4.69, 9.17) is 121 Å². The molecule has 5 fully saturated rings. The van der Waals surface area contributed by atoms with E-state index in [1.165, 1.54) is 58.5 Å². The van der Waals surface area contributed by atoms with E-state index in [1.807, 2.05) is 0 Å². The Hall–Kier alpha value is -13.1. The summed E-state index contributed by atoms with van der Waals surface area (Å²) >= 11 is 10.0. The first-order valence-electron chi connectivity index (χ1n) is 39.1. The number of fused-ring (bicyclic) bond motifs is 5. The first-order valence-corrected chi connectivity index (χ1v) is 43.6. The van der Waals surface area contributed by atoms with Crippen LogP contribution >= 0.6 is 68.3 Å². The fourth-order valence-electron chi connectivity index (χ4n) is 14.2. The number of aromatic nitrogens is 13. The Morgan fingerprint density at radius 2 is 0.726 bits per heavy atom. The summed E-state index contributed by atoms with van der Waals surface area (Å²) in [6, 6.07) is 0. The van der Waals surface area contributed by atoms with Gasteiger partial charge in [-0.3, -0.25) is 109 Å². The number of guanidine groups is 1. The number of aliphatic hydroxyl groups excluding tert-OH is 4. The van der Waals surface area contributed by atoms with Crippen molar-refractivity contribution < 1.29 is 149 Å². The monoisotopic (exact) mass is 2010 g/mol. The minimum Gasteiger partial charge on any atom is -0.463 e. The van der Waals surface area contributed by atoms with Gasteiger partial charge in [-0.25, -0.2) is 15.0 Å². The molecule has 15 heterocycles. The minimum absolute atomic E-state index is 0.0214. The second-order valence-electron chi connectivity index (χ2n) is 28.9. The third-order valence-corrected chi connectivity index (χ3v) is 24.1. The van der Waals surface area contributed by atoms with Crippen LogP contribution in [0, 0.1) is 0 Å². The number of hydrogen-bond donors (Lipinski definition) is 11. The van der Waals surface area contributed by atoms with Crippen molar-refractivity contribution in [1.82, 2.24) is 62.7 Å². The zero-order chi connectivity index (χ0) is 99.1. The van der Waals surface area contributed by atoms with E-state index < -0.39 is 227 Å². The highest BCUT2D eigenvalue weighted by atomic mass is 35.5. The van der Waals surface area contributed by atoms with Gasteiger partial charge in [0.15, 0.2) is 114 Å². The lowest BCUT2D eigenvalue weighted by Gasteiger charge is -2.23. The zero-order valence-electron chi connectivity index (χ0n) is 71.8. The van der Waals surface area contributed by atoms with Crippen LogP contribution in [0.25, 0.3) is 41.4 Å². The molecule has 0 saturated carbocycles. The van der Waals surface area contributed by atoms with Gasteiger partial charge in [0.25, 0.3) is 5.56 Å². The summed E-state index contributed by atoms with van der Waals surface area (Å²) in [5, 5.41) is 41.1. The molecule has 6 aliphatic rings. The van der Waals surface area contributed by atoms with Gasteiger partial charge in [0.2, 0.25) is 23.8 Å². The van der Waals surface area contributed by atoms with Crippen molar-refractivity contribution in [1.29, 1.82) is 0 Å². The number of aliphatic hydroxyl groups is 4. The average Bonchev–Trinajstić information content (AvgIpc) is 1.54. The van der Waals surface area contributed by atoms with E-state index in [1.54, 1.807) is 0 Å². The van der Waals surface area contributed by atoms with Gasteiger partial charge >= 0.3 is 90.0 Å². The second kappa shape index (κ2) is 43.5. The Morgan fingerprint density at radius 3 is 1.10 bits per heavy atom. The van der Waals surface area contributed by atoms with Crippen molar-refractivity contribution in [2.75, 3.05) is 61.3 Å². The lowest BCUT2D eigenvalue weighted by atomic mass is 10.1. The van der Waals surface area contributed by atoms with E-state index >= 15 is 0 Å². The van der Waals surface area contributed by atoms with Gasteiger partial charge < -0.3 is 130 Å². The van der Waals surface area contributed by atoms with Gasteiger partial charge in [-0.05, 0) is 0 Å². The predicted molar refractivity (Wildman–Crippen MR) is 460 cm³/mol. The largest absolute Gasteiger partial charge is 0.463 e. The van der Waals surface area contributed by atoms with E-state index in [-0.39, 0.29) is 98.1 Å². The number of carbonyl (C=O) groups is 11. The van der Waals surface area contributed by atoms with Crippen molar-refractivity contribution in [3.8, 4) is 0 Å². The lowest BCUT2D eigenvalue weighted by Crippen LogP contribution is -2.41. The number of nitrogens with zero attached hydrogens (tertiary/aromatic N) is 13. The molecular weight excluding hydrogens is 1930 g/mol. The minimum atomic E-state index is -1.33. The molecule has 16 N–H and O–H groups in total. The van der Waals surface area contributed by atoms with Crippen LogP contribution in [0.5, 0.6) is 0 Å². The van der Waals surface area contributed by atoms with Gasteiger partial charge in [-0.1, -0.05) is 68.3 Å². The lowest BCUT2D eigenvalue weighted by molar-refractivity contribution is -0.166. The molecule has 0 aliphatic carbocycles. The maximum atomic E-state index is 12.7. The maximum absolute atomic E-state index is 12.7. The Kier molecular flexibility index (Phi) is 33.0. The van der Waals surface area contributed by atoms with E-state index in [2.05, 4.69) is 50.2 Å². The van der Waals surface area contributed by atoms with Crippen LogP contribution in [0.1, 0.15) is 112 Å². The van der Waals surface area contributed by atoms with Gasteiger partial charge in [0.05, 0.1) is 46.4 Å². The fraction of sp³-hybridized carbons (Fsp3) is 0.514. The van der Waals surface area contributed by atoms with Gasteiger partial charge in [-0.15, -0.1) is 0 Å². The quantitative estimate of drug-likeness (QED) is 0.0187. The van der Waals surface area contributed by atoms with Crippen LogP contribution in [0.15, 0.2) is 46.2 Å². The van der Waals surface area contributed by atoms with Crippen LogP contribution in [-0.2, 0) is 135 Å². The summed E-state index contributed by atoms with van der Waals surface area (Å²) < 4.78 is 92.2. The molecule has 0 aromatic carbocycles. The number of ether oxygens (including phenoxy) is 16. The SMILES string of the molecule is CC(=O)OC[C@H]1O[C@@H](n2c(=O)sc3c(=O)[nH]c(N)nc32)[C@H](OC(C)=O)[C@@H]1OC(C)=O.CC(=O)OC[C@H]1O[C@@H](n2c(=O)sc3c(Cl)nc(N)nc32)[C@H](OC(C)=O)[C@@H]1OC(C)=O.CC(=O)OC[C@H]1O[C@@H](n2c(=O)sc3cnc(N)nc32)[C@H](OC(C)=O)[C@@H]1OC(C)=O.CC(=O)O[C@@H]1[C@H](OC(C)=O)[C@@H](CO)O[C@H]1n1c(=O)sc2cnc(N)nc21.NC1=NCc2sc(=O)n([C@@H]3O[C@H](CO)[C@@H](O)[C@H]3O)c2N1. The summed E-state index contributed by atoms with van der Waals surface area (Å²) in [5.41, 5.74) is 27.7. The molecule has 0 amide bonds. The van der Waals surface area contributed by atoms with E-state index in [0.717, 1.165) is 98.2 Å². The Morgan fingerprint density at radius 1 is 0.400 bits per heavy atom. The average molecular weight is 2020 g/mol. The highest BCUT2D eigenvalue weighted by Crippen LogP contribution is 2.42. The number of H-pyrrole nitrogens is 1. The number of esters is 11. The normalized spacial score (nSPS) is 25.2. The van der Waals surface area contributed by atoms with Gasteiger partial charge in [0, 0.05) is 76.2 Å². The molecule has 9 aromatic heterocycles. The zero-order valence-corrected chi connectivity index (χ0v) is 76.7. The summed E-state index contributed by atoms with van der Waals surface area (Å²) in [5.74, 6) is -7.30. The number of hydrogen-bond acceptors (Lipinski definition) is 56. The Balaban J connectivity index is 0.000000163. The first kappa shape index (κ1) is 102. The number of aromatic amines is 1. The van der Waals surface area contributed by atoms with E-state index in [9.17, 15) is 96.8 Å². The van der Waals surface area contributed by atoms with Gasteiger partial charge in [0.1, 0.15) is 77.8 Å². The number of anilines is 5. The topological polar surface area (TPSA) is 804 Å². The molecule has 135 heavy (non-hydrogen) atoms. The summed E-state index contributed by atoms with van der Waals surface area (Å²) in [6.07, 6.45) is -20.3. The molecule has 6 aliphatic heterocycles. The number of rotatable bonds is 21. The summed E-state index contributed by atoms with van der Waals surface area (Å²) in [6.45, 7) is 11.2. The van der Waals surface area contributed by atoms with Crippen molar-refractivity contribution in [3.05, 3.63) is 81.1 Å². The molecule has 5 saturated heterocycles. The van der Waals surface area contributed by atoms with Crippen LogP contribution in [-0.4, -0.2) is 279 Å². The van der Waals surface area contributed by atoms with Crippen molar-refractivity contribution in [3.63, 3.8) is 0 Å². The standard InChI is InChI=1S/C16H17ClN4O8S.C16H18N4O9S.C16H18N4O8S.C14H16N4O7S.C10H14N4O5S/c1-5(22)26-4-8-9(27-6(2)23)10(28-7(3)24)14(29-8)21-13-11(30-16(21)25)12(17)19-15(18)20-13;1-5(21)26-4-8-9(27-6(2)22)10(28-7(3)23)14(29-8)20-12-11(30-16(20)25)13(24)19-15(17)18-12;1-6(21)25-5-9-11(26-7(2)22)12(27-8(3)23)14(28-9)20-13-10(29-16(20)24)4-18-15(17)19-13;1-5(20)23-9-7(4-19)25-12(10(9)24-6(2)21)18-11-8(26-14(18)22)3-16-13(15)17-11;11-9-12-1-4-7(13-9)14(10(18)20-4)8-6(17)5(16)3(2-15)19-8/h8-10,14H,4H2,1-3H3,(H2,18,19,20);8-10,14H,4H2,1-3H3,(H3,17,18,19,24);4,9,11-12,14H,5H2,1-3H3,(H2,17,18,19);3,7,9-10,12,19H,4H2,1-2H3,(H2,15,16,17);3,5-6,8,15-17H,1-2H2,(H3,11,12,13)/t2*8-,9-,10-,14-;9-,11-,12-,14-;7-,9-,10-,12-;3-,5-,6-,8-/m11111/s1. The van der Waals surface area contributed by atoms with Crippen LogP contribution < -0.4 is 63.9 Å². The van der Waals surface area contributed by atoms with Gasteiger partial charge in [-0.2, -0.15) is 24.9 Å². The molecule has 730 valence electrons. The molecule has 63 heteroatoms. The van der Waals surface area contributed by atoms with Crippen LogP contribution in [0.2, 0.25) is 5.15 Å². The third-order valence-electron chi connectivity index (χ3n) is 19.1. The molecule has 57 nitrogen and oxygen atoms in total. The number of nitrogens with two attached hydrogens (primary N) is 5. The summed E-state index contributed by atoms with van der Waals surface area (Å²) in [4.78, 5) is 233. The first-order chi connectivity index (χ1) is 63.7. The fourth-order valence-corrected chi connectivity index (χ4v) is 18.6. The molecule has 0 radical (unpaired) electrons. The molecule has 0 spiro atoms. The number of halogens is 1. The summed E-state index contributed by atoms with van der Waals surface area (Å²) in [7, 11) is 0. The smallest absolute Gasteiger partial charge is 0.311 e. The Labute approximate surface area is 777 Å². The Bertz CT molecular complexity index is 6480. The highest BCUT2D eigenvalue weighted by molar-refractivity contribution is 7.17. The van der Waals surface area contributed by atoms with Crippen LogP contribution in [0.3, 0.4) is 0 Å². The van der Waals surface area contributed by atoms with E-state index in [0.29, 0.717) is 31.4 Å². The molecule has 0 unspecified atom stereocenters. The number of nitrogen functional groups attached to an aromatic ring is 4. The highest BCUT2D eigenvalue weighted by Gasteiger charge is 2.56. The molecular formula is C72H83ClN20O37S5. The molecule has 15 rings (SSSR count). The number of carbonyl (C=O) groups excluding carboxylic acids is 11. The molecule has 0 bridgehead atoms. The second-order valence-corrected chi connectivity index (χ2v) is 34.2. The third kappa shape index (κ3) is 23.6. The molecule has 20 atom stereocenters. The van der Waals surface area contributed by atoms with Crippen molar-refractivity contribution in [2.24, 2.45) is 10.7 Å².